The van der Waals surface area contributed by atoms with E-state index in [1.807, 2.05) is 6.07 Å². The third-order valence-corrected chi connectivity index (χ3v) is 11.2. The Balaban J connectivity index is 1.74. The molecule has 0 aromatic carbocycles. The average Bonchev–Trinajstić information content (AvgIpc) is 3.22. The minimum absolute atomic E-state index is 0.00499. The first kappa shape index (κ1) is 25.0. The van der Waals surface area contributed by atoms with Crippen LogP contribution < -0.4 is 15.4 Å². The molecular weight excluding hydrogens is 497 g/mol. The molecule has 1 fully saturated rings. The molecular formula is C22H25ClFN7O3S. The van der Waals surface area contributed by atoms with Crippen molar-refractivity contribution in [1.29, 1.82) is 5.26 Å². The monoisotopic (exact) mass is 521 g/mol. The highest BCUT2D eigenvalue weighted by molar-refractivity contribution is 8.04. The molecule has 2 aromatic rings. The van der Waals surface area contributed by atoms with Gasteiger partial charge in [-0.05, 0) is 55.5 Å². The molecule has 2 aliphatic heterocycles. The Hall–Kier alpha value is -3.14. The van der Waals surface area contributed by atoms with E-state index in [4.69, 9.17) is 16.9 Å². The van der Waals surface area contributed by atoms with Crippen molar-refractivity contribution in [2.45, 2.75) is 49.3 Å². The summed E-state index contributed by atoms with van der Waals surface area (Å²) in [4.78, 5) is 24.7. The van der Waals surface area contributed by atoms with Gasteiger partial charge in [0.25, 0.3) is 0 Å². The van der Waals surface area contributed by atoms with Gasteiger partial charge in [-0.15, -0.1) is 0 Å². The largest absolute Gasteiger partial charge is 0.465 e. The van der Waals surface area contributed by atoms with Crippen LogP contribution in [0.5, 0.6) is 0 Å². The maximum Gasteiger partial charge on any atom is 0.410 e. The zero-order valence-corrected chi connectivity index (χ0v) is 20.9. The molecule has 35 heavy (non-hydrogen) atoms. The second kappa shape index (κ2) is 8.82. The molecule has 1 saturated heterocycles. The number of nitrogens with one attached hydrogen (secondary N) is 3. The van der Waals surface area contributed by atoms with E-state index in [2.05, 4.69) is 30.3 Å². The van der Waals surface area contributed by atoms with Gasteiger partial charge in [-0.25, -0.2) is 14.2 Å². The highest BCUT2D eigenvalue weighted by Gasteiger charge is 2.59. The van der Waals surface area contributed by atoms with Crippen molar-refractivity contribution in [2.75, 3.05) is 11.9 Å². The standard InChI is InChI=1S/C22H25ClFN7O3S/c1-21(2)19(30-20(32)33)31-22(3,16-6-7-28-35(16,21)34)18-14(24)4-5-17(29-18)27-11-15-13(23)8-12(9-25)10-26-15/h4-5,8,10,16,35H,6-7,11H2,1-3H3,(H,27,29)(H,28,34)(H,30,31)(H,32,33)/t16-,22-/m0/s1. The molecule has 0 bridgehead atoms. The van der Waals surface area contributed by atoms with Crippen molar-refractivity contribution < 1.29 is 18.5 Å². The number of rotatable bonds is 4. The number of anilines is 1. The van der Waals surface area contributed by atoms with E-state index in [1.165, 1.54) is 24.4 Å². The summed E-state index contributed by atoms with van der Waals surface area (Å²) in [5.74, 6) is -0.350. The van der Waals surface area contributed by atoms with Gasteiger partial charge in [0.05, 0.1) is 32.8 Å². The summed E-state index contributed by atoms with van der Waals surface area (Å²) in [6, 6.07) is 6.13. The average molecular weight is 522 g/mol. The number of nitrogens with zero attached hydrogens (tertiary/aromatic N) is 4. The number of amides is 1. The van der Waals surface area contributed by atoms with Crippen molar-refractivity contribution >= 4 is 39.5 Å². The number of carboxylic acid groups (broad SMARTS) is 1. The molecule has 0 spiro atoms. The highest BCUT2D eigenvalue weighted by Crippen LogP contribution is 2.48. The molecule has 10 nitrogen and oxygen atoms in total. The maximum atomic E-state index is 15.2. The highest BCUT2D eigenvalue weighted by atomic mass is 35.5. The number of aromatic nitrogens is 2. The topological polar surface area (TPSA) is 152 Å². The molecule has 0 aliphatic carbocycles. The van der Waals surface area contributed by atoms with Crippen LogP contribution in [0.25, 0.3) is 0 Å². The van der Waals surface area contributed by atoms with Crippen LogP contribution in [0, 0.1) is 17.1 Å². The van der Waals surface area contributed by atoms with Gasteiger partial charge in [-0.3, -0.25) is 24.2 Å². The second-order valence-corrected chi connectivity index (χ2v) is 12.9. The number of carbonyl (C=O) groups is 1. The normalized spacial score (nSPS) is 25.0. The van der Waals surface area contributed by atoms with Gasteiger partial charge in [0.2, 0.25) is 0 Å². The number of pyridine rings is 2. The maximum absolute atomic E-state index is 15.2. The number of thiol groups is 1. The number of hydrogen-bond acceptors (Lipinski definition) is 7. The van der Waals surface area contributed by atoms with Gasteiger partial charge < -0.3 is 10.4 Å². The molecule has 13 heteroatoms. The van der Waals surface area contributed by atoms with Crippen LogP contribution in [0.2, 0.25) is 5.02 Å². The molecule has 0 radical (unpaired) electrons. The Morgan fingerprint density at radius 1 is 1.43 bits per heavy atom. The lowest BCUT2D eigenvalue weighted by molar-refractivity contribution is 0.199. The fraction of sp³-hybridized carbons (Fsp3) is 0.409. The van der Waals surface area contributed by atoms with E-state index in [0.29, 0.717) is 35.1 Å². The Bertz CT molecular complexity index is 1330. The first-order valence-corrected chi connectivity index (χ1v) is 13.0. The SMILES string of the molecule is CC1(C)C(NC(=O)O)=N[C@](C)(c2nc(NCc3ncc(C#N)cc3Cl)ccc2F)[C@@H]2CCN[SH]21=O. The predicted molar refractivity (Wildman–Crippen MR) is 131 cm³/mol. The van der Waals surface area contributed by atoms with E-state index in [9.17, 15) is 14.1 Å². The third-order valence-electron chi connectivity index (χ3n) is 6.64. The smallest absolute Gasteiger partial charge is 0.410 e. The fourth-order valence-electron chi connectivity index (χ4n) is 4.70. The van der Waals surface area contributed by atoms with Crippen LogP contribution in [0.3, 0.4) is 0 Å². The summed E-state index contributed by atoms with van der Waals surface area (Å²) in [6.07, 6.45) is 0.511. The van der Waals surface area contributed by atoms with Crippen molar-refractivity contribution in [1.82, 2.24) is 20.0 Å². The van der Waals surface area contributed by atoms with Gasteiger partial charge in [0.15, 0.2) is 0 Å². The molecule has 1 amide bonds. The van der Waals surface area contributed by atoms with E-state index in [-0.39, 0.29) is 18.1 Å². The third kappa shape index (κ3) is 4.13. The van der Waals surface area contributed by atoms with Crippen LogP contribution in [-0.2, 0) is 22.2 Å². The van der Waals surface area contributed by atoms with Crippen molar-refractivity contribution in [3.63, 3.8) is 0 Å². The Morgan fingerprint density at radius 2 is 2.17 bits per heavy atom. The minimum Gasteiger partial charge on any atom is -0.465 e. The summed E-state index contributed by atoms with van der Waals surface area (Å²) in [7, 11) is -3.28. The number of halogens is 2. The first-order valence-electron chi connectivity index (χ1n) is 10.8. The Labute approximate surface area is 207 Å². The summed E-state index contributed by atoms with van der Waals surface area (Å²) < 4.78 is 31.4. The number of nitriles is 1. The summed E-state index contributed by atoms with van der Waals surface area (Å²) in [5.41, 5.74) is -0.638. The van der Waals surface area contributed by atoms with E-state index < -0.39 is 37.6 Å². The molecule has 2 aromatic heterocycles. The van der Waals surface area contributed by atoms with Gasteiger partial charge in [0.1, 0.15) is 34.8 Å². The van der Waals surface area contributed by atoms with E-state index in [0.717, 1.165) is 0 Å². The van der Waals surface area contributed by atoms with Crippen LogP contribution in [0.15, 0.2) is 29.4 Å². The molecule has 4 rings (SSSR count). The van der Waals surface area contributed by atoms with Crippen LogP contribution in [0.1, 0.15) is 44.1 Å². The predicted octanol–water partition coefficient (Wildman–Crippen LogP) is 2.72. The second-order valence-electron chi connectivity index (χ2n) is 9.11. The molecule has 4 heterocycles. The summed E-state index contributed by atoms with van der Waals surface area (Å²) in [5, 5.41) is 23.4. The van der Waals surface area contributed by atoms with Crippen molar-refractivity contribution in [3.8, 4) is 6.07 Å². The minimum atomic E-state index is -3.28. The van der Waals surface area contributed by atoms with Crippen molar-refractivity contribution in [3.05, 3.63) is 52.2 Å². The van der Waals surface area contributed by atoms with E-state index in [1.54, 1.807) is 20.8 Å². The molecule has 2 atom stereocenters. The van der Waals surface area contributed by atoms with Gasteiger partial charge in [-0.1, -0.05) is 11.6 Å². The molecule has 0 unspecified atom stereocenters. The van der Waals surface area contributed by atoms with E-state index >= 15 is 4.39 Å². The van der Waals surface area contributed by atoms with Crippen LogP contribution in [-0.4, -0.2) is 47.8 Å². The summed E-state index contributed by atoms with van der Waals surface area (Å²) in [6.45, 7) is 5.56. The Morgan fingerprint density at radius 3 is 2.83 bits per heavy atom. The fourth-order valence-corrected chi connectivity index (χ4v) is 8.59. The molecule has 0 saturated carbocycles. The zero-order chi connectivity index (χ0) is 25.6. The van der Waals surface area contributed by atoms with Crippen LogP contribution in [0.4, 0.5) is 15.0 Å². The van der Waals surface area contributed by atoms with Crippen LogP contribution >= 0.6 is 11.6 Å². The number of hydrogen-bond donors (Lipinski definition) is 5. The molecule has 4 N–H and O–H groups in total. The molecule has 2 aliphatic rings. The summed E-state index contributed by atoms with van der Waals surface area (Å²) >= 11 is 6.19. The lowest BCUT2D eigenvalue weighted by Gasteiger charge is -2.50. The number of fused-ring (bicyclic) bond motifs is 1. The number of amidine groups is 1. The molecule has 186 valence electrons. The number of aliphatic imine (C=N–C) groups is 1. The lowest BCUT2D eigenvalue weighted by atomic mass is 9.89. The van der Waals surface area contributed by atoms with Crippen molar-refractivity contribution in [2.24, 2.45) is 4.99 Å². The lowest BCUT2D eigenvalue weighted by Crippen LogP contribution is -2.66. The quantitative estimate of drug-likeness (QED) is 0.388. The van der Waals surface area contributed by atoms with Gasteiger partial charge >= 0.3 is 6.09 Å². The van der Waals surface area contributed by atoms with Gasteiger partial charge in [0, 0.05) is 12.7 Å². The Kier molecular flexibility index (Phi) is 6.29. The first-order chi connectivity index (χ1) is 16.4. The zero-order valence-electron chi connectivity index (χ0n) is 19.3. The van der Waals surface area contributed by atoms with Gasteiger partial charge in [-0.2, -0.15) is 5.26 Å².